The lowest BCUT2D eigenvalue weighted by molar-refractivity contribution is -0.128. The van der Waals surface area contributed by atoms with Gasteiger partial charge in [-0.05, 0) is 20.8 Å². The first-order valence-corrected chi connectivity index (χ1v) is 4.42. The second kappa shape index (κ2) is 5.38. The third-order valence-corrected chi connectivity index (χ3v) is 1.42. The highest BCUT2D eigenvalue weighted by Crippen LogP contribution is 2.16. The monoisotopic (exact) mass is 208 g/mol. The Kier molecular flexibility index (Phi) is 5.18. The minimum atomic E-state index is -1.50. The molecule has 2 unspecified atom stereocenters. The number of halogens is 1. The first-order valence-electron chi connectivity index (χ1n) is 4.42. The Morgan fingerprint density at radius 3 is 2.07 bits per heavy atom. The number of ketones is 1. The summed E-state index contributed by atoms with van der Waals surface area (Å²) >= 11 is 0. The Morgan fingerprint density at radius 2 is 1.93 bits per heavy atom. The van der Waals surface area contributed by atoms with E-state index >= 15 is 0 Å². The Labute approximate surface area is 82.7 Å². The number of rotatable bonds is 1. The zero-order chi connectivity index (χ0) is 11.4. The highest BCUT2D eigenvalue weighted by Gasteiger charge is 2.31. The Balaban J connectivity index is 0.000000292. The van der Waals surface area contributed by atoms with Gasteiger partial charge in [0.15, 0.2) is 11.6 Å². The molecule has 2 N–H and O–H groups in total. The van der Waals surface area contributed by atoms with Gasteiger partial charge in [0.25, 0.3) is 0 Å². The van der Waals surface area contributed by atoms with Crippen molar-refractivity contribution in [3.8, 4) is 0 Å². The number of carbonyl (C=O) groups excluding carboxylic acids is 1. The number of hydrogen-bond acceptors (Lipinski definition) is 4. The average molecular weight is 208 g/mol. The molecule has 4 nitrogen and oxygen atoms in total. The minimum absolute atomic E-state index is 0.208. The van der Waals surface area contributed by atoms with Crippen LogP contribution >= 0.6 is 0 Å². The van der Waals surface area contributed by atoms with Gasteiger partial charge in [0.05, 0.1) is 6.61 Å². The molecule has 1 saturated heterocycles. The molecule has 0 aliphatic carbocycles. The van der Waals surface area contributed by atoms with Gasteiger partial charge in [0, 0.05) is 6.42 Å². The van der Waals surface area contributed by atoms with Gasteiger partial charge >= 0.3 is 0 Å². The summed E-state index contributed by atoms with van der Waals surface area (Å²) in [5, 5.41) is 16.2. The molecule has 0 aromatic heterocycles. The van der Waals surface area contributed by atoms with Crippen LogP contribution in [0, 0.1) is 0 Å². The van der Waals surface area contributed by atoms with Gasteiger partial charge in [-0.3, -0.25) is 4.79 Å². The smallest absolute Gasteiger partial charge is 0.161 e. The van der Waals surface area contributed by atoms with E-state index in [1.165, 1.54) is 20.8 Å². The number of carbonyl (C=O) groups is 1. The third kappa shape index (κ3) is 6.94. The quantitative estimate of drug-likeness (QED) is 0.612. The van der Waals surface area contributed by atoms with Crippen LogP contribution in [0.4, 0.5) is 4.39 Å². The highest BCUT2D eigenvalue weighted by molar-refractivity contribution is 5.81. The molecule has 5 heteroatoms. The second-order valence-electron chi connectivity index (χ2n) is 3.70. The summed E-state index contributed by atoms with van der Waals surface area (Å²) in [6, 6.07) is 0. The summed E-state index contributed by atoms with van der Waals surface area (Å²) in [5.41, 5.74) is 0. The maximum Gasteiger partial charge on any atom is 0.161 e. The first kappa shape index (κ1) is 13.5. The van der Waals surface area contributed by atoms with Crippen LogP contribution in [0.25, 0.3) is 0 Å². The molecule has 0 spiro atoms. The van der Waals surface area contributed by atoms with Crippen molar-refractivity contribution in [3.63, 3.8) is 0 Å². The van der Waals surface area contributed by atoms with Gasteiger partial charge in [-0.2, -0.15) is 0 Å². The average Bonchev–Trinajstić information content (AvgIpc) is 2.30. The topological polar surface area (TPSA) is 66.8 Å². The van der Waals surface area contributed by atoms with Crippen LogP contribution in [0.1, 0.15) is 27.2 Å². The highest BCUT2D eigenvalue weighted by atomic mass is 19.1. The molecule has 1 aliphatic rings. The maximum atomic E-state index is 12.5. The molecule has 0 saturated carbocycles. The summed E-state index contributed by atoms with van der Waals surface area (Å²) < 4.78 is 17.3. The fourth-order valence-corrected chi connectivity index (χ4v) is 0.935. The second-order valence-corrected chi connectivity index (χ2v) is 3.70. The van der Waals surface area contributed by atoms with Crippen molar-refractivity contribution in [1.29, 1.82) is 0 Å². The predicted octanol–water partition coefficient (Wildman–Crippen LogP) is 0.410. The van der Waals surface area contributed by atoms with Crippen LogP contribution in [0.5, 0.6) is 0 Å². The van der Waals surface area contributed by atoms with Crippen molar-refractivity contribution in [2.45, 2.75) is 45.3 Å². The molecule has 1 fully saturated rings. The number of hydrogen-bond donors (Lipinski definition) is 2. The molecule has 84 valence electrons. The fraction of sp³-hybridized carbons (Fsp3) is 0.889. The van der Waals surface area contributed by atoms with E-state index in [1.54, 1.807) is 0 Å². The van der Waals surface area contributed by atoms with Crippen molar-refractivity contribution in [3.05, 3.63) is 0 Å². The molecular formula is C9H17FO4. The molecule has 1 aliphatic heterocycles. The van der Waals surface area contributed by atoms with E-state index in [2.05, 4.69) is 0 Å². The van der Waals surface area contributed by atoms with Gasteiger partial charge < -0.3 is 14.9 Å². The van der Waals surface area contributed by atoms with Crippen molar-refractivity contribution in [1.82, 2.24) is 0 Å². The normalized spacial score (nSPS) is 26.7. The van der Waals surface area contributed by atoms with E-state index in [4.69, 9.17) is 14.9 Å². The standard InChI is InChI=1S/C6H9FO2.C3H8O2/c1-4(8)6-5(7)2-3-9-6;1-3(2,4)5/h5-6H,2-3H2,1H3;4-5H,1-2H3. The molecular weight excluding hydrogens is 191 g/mol. The summed E-state index contributed by atoms with van der Waals surface area (Å²) in [4.78, 5) is 10.5. The van der Waals surface area contributed by atoms with Crippen LogP contribution in [-0.2, 0) is 9.53 Å². The number of alkyl halides is 1. The van der Waals surface area contributed by atoms with Crippen LogP contribution in [0.3, 0.4) is 0 Å². The molecule has 14 heavy (non-hydrogen) atoms. The number of ether oxygens (including phenoxy) is 1. The fourth-order valence-electron chi connectivity index (χ4n) is 0.935. The Bertz CT molecular complexity index is 182. The van der Waals surface area contributed by atoms with Crippen molar-refractivity contribution < 1.29 is 24.1 Å². The molecule has 0 bridgehead atoms. The van der Waals surface area contributed by atoms with Crippen LogP contribution < -0.4 is 0 Å². The first-order chi connectivity index (χ1) is 6.22. The van der Waals surface area contributed by atoms with Gasteiger partial charge in [-0.15, -0.1) is 0 Å². The zero-order valence-corrected chi connectivity index (χ0v) is 8.66. The number of aliphatic hydroxyl groups is 2. The SMILES string of the molecule is CC(=O)C1OCCC1F.CC(C)(O)O. The van der Waals surface area contributed by atoms with Crippen molar-refractivity contribution in [2.75, 3.05) is 6.61 Å². The molecule has 0 radical (unpaired) electrons. The van der Waals surface area contributed by atoms with Crippen molar-refractivity contribution >= 4 is 5.78 Å². The lowest BCUT2D eigenvalue weighted by Crippen LogP contribution is -2.24. The van der Waals surface area contributed by atoms with E-state index in [9.17, 15) is 9.18 Å². The van der Waals surface area contributed by atoms with Gasteiger partial charge in [-0.1, -0.05) is 0 Å². The lowest BCUT2D eigenvalue weighted by Gasteiger charge is -2.05. The Hall–Kier alpha value is -0.520. The summed E-state index contributed by atoms with van der Waals surface area (Å²) in [7, 11) is 0. The van der Waals surface area contributed by atoms with Crippen LogP contribution in [-0.4, -0.2) is 40.7 Å². The zero-order valence-electron chi connectivity index (χ0n) is 8.66. The van der Waals surface area contributed by atoms with Gasteiger partial charge in [0.2, 0.25) is 0 Å². The summed E-state index contributed by atoms with van der Waals surface area (Å²) in [6.07, 6.45) is -1.47. The third-order valence-electron chi connectivity index (χ3n) is 1.42. The van der Waals surface area contributed by atoms with Crippen molar-refractivity contribution in [2.24, 2.45) is 0 Å². The summed E-state index contributed by atoms with van der Waals surface area (Å²) in [6.45, 7) is 4.33. The molecule has 0 amide bonds. The lowest BCUT2D eigenvalue weighted by atomic mass is 10.1. The maximum absolute atomic E-state index is 12.5. The minimum Gasteiger partial charge on any atom is -0.367 e. The molecule has 0 aromatic carbocycles. The van der Waals surface area contributed by atoms with E-state index in [-0.39, 0.29) is 5.78 Å². The number of Topliss-reactive ketones (excluding diaryl/α,β-unsaturated/α-hetero) is 1. The summed E-state index contributed by atoms with van der Waals surface area (Å²) in [5.74, 6) is -1.71. The van der Waals surface area contributed by atoms with E-state index in [0.29, 0.717) is 13.0 Å². The van der Waals surface area contributed by atoms with E-state index in [0.717, 1.165) is 0 Å². The van der Waals surface area contributed by atoms with E-state index in [1.807, 2.05) is 0 Å². The van der Waals surface area contributed by atoms with Gasteiger partial charge in [0.1, 0.15) is 12.3 Å². The van der Waals surface area contributed by atoms with Crippen LogP contribution in [0.2, 0.25) is 0 Å². The Morgan fingerprint density at radius 1 is 1.50 bits per heavy atom. The molecule has 0 aromatic rings. The predicted molar refractivity (Wildman–Crippen MR) is 48.5 cm³/mol. The largest absolute Gasteiger partial charge is 0.367 e. The molecule has 2 atom stereocenters. The molecule has 1 heterocycles. The van der Waals surface area contributed by atoms with E-state index < -0.39 is 18.1 Å². The molecule has 1 rings (SSSR count). The van der Waals surface area contributed by atoms with Gasteiger partial charge in [-0.25, -0.2) is 4.39 Å². The van der Waals surface area contributed by atoms with Crippen LogP contribution in [0.15, 0.2) is 0 Å².